The molecule has 0 unspecified atom stereocenters. The van der Waals surface area contributed by atoms with Crippen molar-refractivity contribution >= 4 is 23.2 Å². The van der Waals surface area contributed by atoms with Gasteiger partial charge in [0.1, 0.15) is 24.1 Å². The summed E-state index contributed by atoms with van der Waals surface area (Å²) in [5.74, 6) is -3.88. The fourth-order valence-corrected chi connectivity index (χ4v) is 4.86. The molecule has 2 amide bonds. The van der Waals surface area contributed by atoms with Crippen LogP contribution in [-0.2, 0) is 12.5 Å². The number of amides is 2. The summed E-state index contributed by atoms with van der Waals surface area (Å²) in [5, 5.41) is 19.5. The Kier molecular flexibility index (Phi) is 7.99. The average molecular weight is 571 g/mol. The van der Waals surface area contributed by atoms with Crippen molar-refractivity contribution in [2.24, 2.45) is 0 Å². The average Bonchev–Trinajstić information content (AvgIpc) is 3.43. The van der Waals surface area contributed by atoms with E-state index >= 15 is 8.78 Å². The molecule has 0 spiro atoms. The third-order valence-corrected chi connectivity index (χ3v) is 7.00. The molecule has 0 saturated heterocycles. The van der Waals surface area contributed by atoms with E-state index in [1.807, 2.05) is 6.92 Å². The molecule has 0 aliphatic carbocycles. The highest BCUT2D eigenvalue weighted by atomic mass is 19.3. The molecule has 0 fully saturated rings. The lowest BCUT2D eigenvalue weighted by molar-refractivity contribution is 0.0428. The molecule has 0 radical (unpaired) electrons. The highest BCUT2D eigenvalue weighted by Gasteiger charge is 2.37. The quantitative estimate of drug-likeness (QED) is 0.280. The summed E-state index contributed by atoms with van der Waals surface area (Å²) < 4.78 is 37.2. The Morgan fingerprint density at radius 2 is 1.83 bits per heavy atom. The number of likely N-dealkylation sites (N-methyl/N-ethyl adjacent to an activating group) is 1. The molecular weight excluding hydrogens is 542 g/mol. The zero-order valence-corrected chi connectivity index (χ0v) is 23.0. The number of rotatable bonds is 9. The normalized spacial score (nSPS) is 14.7. The van der Waals surface area contributed by atoms with E-state index in [1.165, 1.54) is 58.2 Å². The zero-order chi connectivity index (χ0) is 29.9. The monoisotopic (exact) mass is 570 g/mol. The lowest BCUT2D eigenvalue weighted by Gasteiger charge is -2.34. The van der Waals surface area contributed by atoms with Crippen LogP contribution in [0.25, 0.3) is 0 Å². The van der Waals surface area contributed by atoms with Crippen LogP contribution in [0.4, 0.5) is 20.2 Å². The highest BCUT2D eigenvalue weighted by Crippen LogP contribution is 2.37. The van der Waals surface area contributed by atoms with Crippen molar-refractivity contribution in [1.82, 2.24) is 15.1 Å². The van der Waals surface area contributed by atoms with Crippen LogP contribution in [0.3, 0.4) is 0 Å². The van der Waals surface area contributed by atoms with E-state index in [4.69, 9.17) is 4.74 Å². The molecule has 42 heavy (non-hydrogen) atoms. The highest BCUT2D eigenvalue weighted by molar-refractivity contribution is 6.15. The van der Waals surface area contributed by atoms with Crippen LogP contribution in [0.2, 0.25) is 0 Å². The van der Waals surface area contributed by atoms with Gasteiger partial charge in [-0.15, -0.1) is 0 Å². The van der Waals surface area contributed by atoms with Crippen molar-refractivity contribution in [2.45, 2.75) is 25.4 Å². The fourth-order valence-electron chi connectivity index (χ4n) is 4.86. The second-order valence-electron chi connectivity index (χ2n) is 9.83. The van der Waals surface area contributed by atoms with E-state index in [2.05, 4.69) is 21.8 Å². The minimum atomic E-state index is -3.20. The maximum Gasteiger partial charge on any atom is 0.298 e. The number of benzene rings is 3. The van der Waals surface area contributed by atoms with Gasteiger partial charge in [-0.2, -0.15) is 19.1 Å². The maximum atomic E-state index is 15.1. The van der Waals surface area contributed by atoms with Gasteiger partial charge in [-0.05, 0) is 44.3 Å². The Balaban J connectivity index is 1.37. The number of nitriles is 1. The number of aromatic nitrogens is 2. The van der Waals surface area contributed by atoms with Crippen molar-refractivity contribution in [3.05, 3.63) is 107 Å². The fraction of sp³-hybridized carbons (Fsp3) is 0.226. The van der Waals surface area contributed by atoms with Gasteiger partial charge in [0.15, 0.2) is 0 Å². The minimum absolute atomic E-state index is 0.0528. The van der Waals surface area contributed by atoms with Gasteiger partial charge in [0.25, 0.3) is 17.7 Å². The number of anilines is 2. The molecule has 1 atom stereocenters. The second kappa shape index (κ2) is 11.8. The Labute approximate surface area is 241 Å². The topological polar surface area (TPSA) is 112 Å². The lowest BCUT2D eigenvalue weighted by Crippen LogP contribution is -2.47. The summed E-state index contributed by atoms with van der Waals surface area (Å²) in [6, 6.07) is 19.5. The third-order valence-electron chi connectivity index (χ3n) is 7.00. The first-order valence-corrected chi connectivity index (χ1v) is 13.3. The van der Waals surface area contributed by atoms with Gasteiger partial charge in [-0.1, -0.05) is 42.5 Å². The molecule has 1 aromatic heterocycles. The molecule has 1 aliphatic heterocycles. The standard InChI is InChI=1S/C31H28F2N6O3/c1-20-19-38-28(26(18-36-38)29(40)37-24-10-13-27(21(16-24)17-34)42-15-14-35-2)30(41)39(20)25-11-8-23(9-12-25)31(32,33)22-6-4-3-5-7-22/h3-13,16,18,20,35H,14-15,19H2,1-2H3,(H,37,40)/t20-/m0/s1. The minimum Gasteiger partial charge on any atom is -0.491 e. The molecular formula is C31H28F2N6O3. The summed E-state index contributed by atoms with van der Waals surface area (Å²) in [6.07, 6.45) is 1.32. The number of ether oxygens (including phenoxy) is 1. The van der Waals surface area contributed by atoms with Crippen LogP contribution in [-0.4, -0.2) is 47.8 Å². The maximum absolute atomic E-state index is 15.1. The SMILES string of the molecule is CNCCOc1ccc(NC(=O)c2cnn3c2C(=O)N(c2ccc(C(F)(F)c4ccccc4)cc2)[C@@H](C)C3)cc1C#N. The first-order valence-electron chi connectivity index (χ1n) is 13.3. The van der Waals surface area contributed by atoms with Crippen molar-refractivity contribution in [3.8, 4) is 11.8 Å². The predicted molar refractivity (Wildman–Crippen MR) is 153 cm³/mol. The molecule has 0 saturated carbocycles. The van der Waals surface area contributed by atoms with Gasteiger partial charge in [-0.3, -0.25) is 14.3 Å². The van der Waals surface area contributed by atoms with Gasteiger partial charge in [0.05, 0.1) is 29.9 Å². The van der Waals surface area contributed by atoms with Gasteiger partial charge in [-0.25, -0.2) is 0 Å². The molecule has 2 heterocycles. The molecule has 9 nitrogen and oxygen atoms in total. The molecule has 5 rings (SSSR count). The largest absolute Gasteiger partial charge is 0.491 e. The summed E-state index contributed by atoms with van der Waals surface area (Å²) in [6.45, 7) is 3.09. The number of nitrogens with zero attached hydrogens (tertiary/aromatic N) is 4. The molecule has 11 heteroatoms. The van der Waals surface area contributed by atoms with Crippen LogP contribution in [0.15, 0.2) is 79.0 Å². The lowest BCUT2D eigenvalue weighted by atomic mass is 9.99. The smallest absolute Gasteiger partial charge is 0.298 e. The van der Waals surface area contributed by atoms with Gasteiger partial charge >= 0.3 is 0 Å². The van der Waals surface area contributed by atoms with Gasteiger partial charge in [0, 0.05) is 29.0 Å². The number of hydrogen-bond acceptors (Lipinski definition) is 6. The second-order valence-corrected chi connectivity index (χ2v) is 9.83. The van der Waals surface area contributed by atoms with Crippen molar-refractivity contribution in [1.29, 1.82) is 5.26 Å². The molecule has 4 aromatic rings. The van der Waals surface area contributed by atoms with Crippen molar-refractivity contribution in [3.63, 3.8) is 0 Å². The zero-order valence-electron chi connectivity index (χ0n) is 23.0. The summed E-state index contributed by atoms with van der Waals surface area (Å²) in [7, 11) is 1.79. The molecule has 214 valence electrons. The van der Waals surface area contributed by atoms with Crippen LogP contribution in [0, 0.1) is 11.3 Å². The van der Waals surface area contributed by atoms with E-state index in [9.17, 15) is 14.9 Å². The van der Waals surface area contributed by atoms with E-state index in [1.54, 1.807) is 37.4 Å². The number of nitrogens with one attached hydrogen (secondary N) is 2. The first kappa shape index (κ1) is 28.4. The number of carbonyl (C=O) groups is 2. The van der Waals surface area contributed by atoms with Crippen LogP contribution in [0.1, 0.15) is 44.5 Å². The van der Waals surface area contributed by atoms with Crippen LogP contribution >= 0.6 is 0 Å². The Hall–Kier alpha value is -5.08. The Bertz CT molecular complexity index is 1650. The Morgan fingerprint density at radius 3 is 2.52 bits per heavy atom. The number of fused-ring (bicyclic) bond motifs is 1. The van der Waals surface area contributed by atoms with E-state index in [0.29, 0.717) is 36.8 Å². The van der Waals surface area contributed by atoms with Gasteiger partial charge in [0.2, 0.25) is 0 Å². The first-order chi connectivity index (χ1) is 20.2. The molecule has 2 N–H and O–H groups in total. The van der Waals surface area contributed by atoms with E-state index < -0.39 is 17.7 Å². The summed E-state index contributed by atoms with van der Waals surface area (Å²) in [5.41, 5.74) is 0.826. The number of alkyl halides is 2. The number of carbonyl (C=O) groups excluding carboxylic acids is 2. The van der Waals surface area contributed by atoms with Crippen molar-refractivity contribution in [2.75, 3.05) is 30.4 Å². The predicted octanol–water partition coefficient (Wildman–Crippen LogP) is 4.79. The summed E-state index contributed by atoms with van der Waals surface area (Å²) >= 11 is 0. The molecule has 3 aromatic carbocycles. The molecule has 1 aliphatic rings. The number of hydrogen-bond donors (Lipinski definition) is 2. The van der Waals surface area contributed by atoms with E-state index in [0.717, 1.165) is 0 Å². The van der Waals surface area contributed by atoms with Crippen LogP contribution < -0.4 is 20.3 Å². The van der Waals surface area contributed by atoms with Crippen molar-refractivity contribution < 1.29 is 23.1 Å². The third kappa shape index (κ3) is 5.44. The van der Waals surface area contributed by atoms with E-state index in [-0.39, 0.29) is 34.0 Å². The number of halogens is 2. The van der Waals surface area contributed by atoms with Crippen LogP contribution in [0.5, 0.6) is 5.75 Å². The van der Waals surface area contributed by atoms with Gasteiger partial charge < -0.3 is 20.3 Å². The Morgan fingerprint density at radius 1 is 1.12 bits per heavy atom. The summed E-state index contributed by atoms with van der Waals surface area (Å²) in [4.78, 5) is 28.4. The molecule has 0 bridgehead atoms.